The van der Waals surface area contributed by atoms with Crippen molar-refractivity contribution in [3.63, 3.8) is 0 Å². The van der Waals surface area contributed by atoms with E-state index in [1.807, 2.05) is 12.1 Å². The maximum absolute atomic E-state index is 5.90. The summed E-state index contributed by atoms with van der Waals surface area (Å²) in [5.41, 5.74) is 8.09. The zero-order valence-corrected chi connectivity index (χ0v) is 13.5. The van der Waals surface area contributed by atoms with Crippen molar-refractivity contribution in [2.24, 2.45) is 10.2 Å². The predicted molar refractivity (Wildman–Crippen MR) is 92.6 cm³/mol. The molecule has 0 spiro atoms. The van der Waals surface area contributed by atoms with Gasteiger partial charge in [0, 0.05) is 15.6 Å². The Morgan fingerprint density at radius 2 is 1.45 bits per heavy atom. The number of hydrogen-bond acceptors (Lipinski definition) is 5. The standard InChI is InChI=1S/C15H10Cl2N4S/c16-10-3-1-9(2-4-10)13-14(22-15(18)19-13)21-20-12-7-5-11(17)6-8-12/h1-8H,(H2,18,19). The average molecular weight is 349 g/mol. The first-order valence-corrected chi connectivity index (χ1v) is 7.88. The van der Waals surface area contributed by atoms with Gasteiger partial charge in [0.2, 0.25) is 0 Å². The summed E-state index contributed by atoms with van der Waals surface area (Å²) < 4.78 is 0. The van der Waals surface area contributed by atoms with Crippen molar-refractivity contribution in [1.82, 2.24) is 4.98 Å². The Labute approximate surface area is 141 Å². The number of thiazole rings is 1. The van der Waals surface area contributed by atoms with Crippen molar-refractivity contribution in [3.8, 4) is 11.3 Å². The van der Waals surface area contributed by atoms with Crippen LogP contribution in [-0.4, -0.2) is 4.98 Å². The van der Waals surface area contributed by atoms with E-state index in [-0.39, 0.29) is 0 Å². The first-order valence-electron chi connectivity index (χ1n) is 6.31. The van der Waals surface area contributed by atoms with Crippen LogP contribution in [0.2, 0.25) is 10.0 Å². The second-order valence-electron chi connectivity index (χ2n) is 4.39. The SMILES string of the molecule is Nc1nc(-c2ccc(Cl)cc2)c(N=Nc2ccc(Cl)cc2)s1. The largest absolute Gasteiger partial charge is 0.375 e. The Balaban J connectivity index is 1.94. The second kappa shape index (κ2) is 6.44. The van der Waals surface area contributed by atoms with Gasteiger partial charge in [0.05, 0.1) is 5.69 Å². The molecule has 0 radical (unpaired) electrons. The molecule has 0 fully saturated rings. The molecule has 0 aliphatic carbocycles. The van der Waals surface area contributed by atoms with Crippen LogP contribution >= 0.6 is 34.5 Å². The zero-order valence-electron chi connectivity index (χ0n) is 11.2. The number of nitrogens with zero attached hydrogens (tertiary/aromatic N) is 3. The van der Waals surface area contributed by atoms with Crippen LogP contribution < -0.4 is 5.73 Å². The summed E-state index contributed by atoms with van der Waals surface area (Å²) in [6, 6.07) is 14.4. The van der Waals surface area contributed by atoms with Crippen LogP contribution in [-0.2, 0) is 0 Å². The highest BCUT2D eigenvalue weighted by molar-refractivity contribution is 7.19. The number of aromatic nitrogens is 1. The molecule has 0 aliphatic heterocycles. The van der Waals surface area contributed by atoms with Crippen molar-refractivity contribution in [2.45, 2.75) is 0 Å². The van der Waals surface area contributed by atoms with E-state index in [9.17, 15) is 0 Å². The van der Waals surface area contributed by atoms with E-state index in [1.54, 1.807) is 36.4 Å². The third-order valence-electron chi connectivity index (χ3n) is 2.83. The fraction of sp³-hybridized carbons (Fsp3) is 0. The molecule has 0 bridgehead atoms. The monoisotopic (exact) mass is 348 g/mol. The molecule has 7 heteroatoms. The van der Waals surface area contributed by atoms with Gasteiger partial charge < -0.3 is 5.73 Å². The van der Waals surface area contributed by atoms with Gasteiger partial charge in [-0.1, -0.05) is 46.7 Å². The first-order chi connectivity index (χ1) is 10.6. The number of nitrogen functional groups attached to an aromatic ring is 1. The van der Waals surface area contributed by atoms with Gasteiger partial charge in [0.25, 0.3) is 0 Å². The van der Waals surface area contributed by atoms with E-state index in [0.29, 0.717) is 31.6 Å². The minimum absolute atomic E-state index is 0.440. The highest BCUT2D eigenvalue weighted by atomic mass is 35.5. The molecule has 1 heterocycles. The summed E-state index contributed by atoms with van der Waals surface area (Å²) in [6.07, 6.45) is 0. The highest BCUT2D eigenvalue weighted by Gasteiger charge is 2.11. The molecule has 0 atom stereocenters. The summed E-state index contributed by atoms with van der Waals surface area (Å²) in [5.74, 6) is 0. The number of azo groups is 1. The second-order valence-corrected chi connectivity index (χ2v) is 6.27. The summed E-state index contributed by atoms with van der Waals surface area (Å²) in [5, 5.41) is 10.8. The van der Waals surface area contributed by atoms with Crippen LogP contribution in [0, 0.1) is 0 Å². The molecule has 22 heavy (non-hydrogen) atoms. The topological polar surface area (TPSA) is 63.6 Å². The maximum atomic E-state index is 5.90. The Morgan fingerprint density at radius 1 is 0.864 bits per heavy atom. The molecule has 110 valence electrons. The summed E-state index contributed by atoms with van der Waals surface area (Å²) >= 11 is 13.0. The normalized spacial score (nSPS) is 11.2. The molecule has 3 aromatic rings. The lowest BCUT2D eigenvalue weighted by molar-refractivity contribution is 1.24. The minimum Gasteiger partial charge on any atom is -0.375 e. The maximum Gasteiger partial charge on any atom is 0.182 e. The summed E-state index contributed by atoms with van der Waals surface area (Å²) in [4.78, 5) is 4.32. The number of anilines is 1. The zero-order chi connectivity index (χ0) is 15.5. The Bertz CT molecular complexity index is 811. The summed E-state index contributed by atoms with van der Waals surface area (Å²) in [6.45, 7) is 0. The molecular weight excluding hydrogens is 339 g/mol. The van der Waals surface area contributed by atoms with Crippen LogP contribution in [0.15, 0.2) is 58.8 Å². The van der Waals surface area contributed by atoms with Gasteiger partial charge in [-0.25, -0.2) is 4.98 Å². The van der Waals surface area contributed by atoms with E-state index in [1.165, 1.54) is 11.3 Å². The number of benzene rings is 2. The van der Waals surface area contributed by atoms with Crippen molar-refractivity contribution in [1.29, 1.82) is 0 Å². The first kappa shape index (κ1) is 15.0. The van der Waals surface area contributed by atoms with E-state index in [4.69, 9.17) is 28.9 Å². The number of nitrogens with two attached hydrogens (primary N) is 1. The van der Waals surface area contributed by atoms with Crippen LogP contribution in [0.3, 0.4) is 0 Å². The van der Waals surface area contributed by atoms with Crippen molar-refractivity contribution < 1.29 is 0 Å². The molecular formula is C15H10Cl2N4S. The molecule has 0 unspecified atom stereocenters. The van der Waals surface area contributed by atoms with Gasteiger partial charge in [-0.05, 0) is 36.4 Å². The average Bonchev–Trinajstić information content (AvgIpc) is 2.88. The molecule has 0 saturated heterocycles. The van der Waals surface area contributed by atoms with Gasteiger partial charge in [0.1, 0.15) is 5.69 Å². The van der Waals surface area contributed by atoms with Crippen molar-refractivity contribution in [2.75, 3.05) is 5.73 Å². The molecule has 1 aromatic heterocycles. The van der Waals surface area contributed by atoms with Crippen LogP contribution in [0.4, 0.5) is 15.8 Å². The fourth-order valence-electron chi connectivity index (χ4n) is 1.80. The van der Waals surface area contributed by atoms with Crippen molar-refractivity contribution >= 4 is 50.4 Å². The third kappa shape index (κ3) is 3.44. The quantitative estimate of drug-likeness (QED) is 0.579. The highest BCUT2D eigenvalue weighted by Crippen LogP contribution is 2.38. The van der Waals surface area contributed by atoms with Gasteiger partial charge >= 0.3 is 0 Å². The lowest BCUT2D eigenvalue weighted by Gasteiger charge is -1.98. The number of hydrogen-bond donors (Lipinski definition) is 1. The fourth-order valence-corrected chi connectivity index (χ4v) is 2.73. The van der Waals surface area contributed by atoms with E-state index in [0.717, 1.165) is 5.56 Å². The third-order valence-corrected chi connectivity index (χ3v) is 4.10. The van der Waals surface area contributed by atoms with Gasteiger partial charge in [-0.2, -0.15) is 0 Å². The van der Waals surface area contributed by atoms with Crippen LogP contribution in [0.5, 0.6) is 0 Å². The van der Waals surface area contributed by atoms with Gasteiger partial charge in [-0.3, -0.25) is 0 Å². The minimum atomic E-state index is 0.440. The molecule has 0 aliphatic rings. The van der Waals surface area contributed by atoms with E-state index >= 15 is 0 Å². The Hall–Kier alpha value is -1.95. The lowest BCUT2D eigenvalue weighted by atomic mass is 10.2. The van der Waals surface area contributed by atoms with Gasteiger partial charge in [0.15, 0.2) is 10.1 Å². The Morgan fingerprint density at radius 3 is 2.09 bits per heavy atom. The van der Waals surface area contributed by atoms with Crippen molar-refractivity contribution in [3.05, 3.63) is 58.6 Å². The molecule has 0 saturated carbocycles. The Kier molecular flexibility index (Phi) is 4.38. The number of rotatable bonds is 3. The molecule has 3 rings (SSSR count). The molecule has 2 aromatic carbocycles. The molecule has 4 nitrogen and oxygen atoms in total. The molecule has 0 amide bonds. The smallest absolute Gasteiger partial charge is 0.182 e. The van der Waals surface area contributed by atoms with Gasteiger partial charge in [-0.15, -0.1) is 10.2 Å². The predicted octanol–water partition coefficient (Wildman–Crippen LogP) is 6.11. The van der Waals surface area contributed by atoms with Crippen LogP contribution in [0.25, 0.3) is 11.3 Å². The lowest BCUT2D eigenvalue weighted by Crippen LogP contribution is -1.82. The molecule has 2 N–H and O–H groups in total. The number of halogens is 2. The van der Waals surface area contributed by atoms with E-state index < -0.39 is 0 Å². The summed E-state index contributed by atoms with van der Waals surface area (Å²) in [7, 11) is 0. The van der Waals surface area contributed by atoms with Crippen LogP contribution in [0.1, 0.15) is 0 Å². The van der Waals surface area contributed by atoms with E-state index in [2.05, 4.69) is 15.2 Å².